The summed E-state index contributed by atoms with van der Waals surface area (Å²) >= 11 is 0. The van der Waals surface area contributed by atoms with Crippen LogP contribution in [-0.2, 0) is 0 Å². The quantitative estimate of drug-likeness (QED) is 0.666. The molecule has 4 rings (SSSR count). The van der Waals surface area contributed by atoms with Crippen LogP contribution in [0.3, 0.4) is 0 Å². The van der Waals surface area contributed by atoms with Crippen molar-refractivity contribution >= 4 is 17.2 Å². The van der Waals surface area contributed by atoms with Gasteiger partial charge in [0.05, 0.1) is 0 Å². The minimum Gasteiger partial charge on any atom is -0.443 e. The van der Waals surface area contributed by atoms with Crippen molar-refractivity contribution in [3.05, 3.63) is 66.7 Å². The third-order valence-electron chi connectivity index (χ3n) is 2.66. The Hall–Kier alpha value is -2.75. The summed E-state index contributed by atoms with van der Waals surface area (Å²) in [5, 5.41) is 0. The highest BCUT2D eigenvalue weighted by molar-refractivity contribution is 5.71. The van der Waals surface area contributed by atoms with Gasteiger partial charge in [0.2, 0.25) is 0 Å². The van der Waals surface area contributed by atoms with Crippen LogP contribution in [0.5, 0.6) is 5.75 Å². The topological polar surface area (TPSA) is 47.3 Å². The average molecular weight is 252 g/mol. The Kier molecular flexibility index (Phi) is 3.14. The molecule has 1 aliphatic heterocycles. The maximum absolute atomic E-state index is 5.09. The summed E-state index contributed by atoms with van der Waals surface area (Å²) in [6, 6.07) is 15.5. The number of nitrogens with one attached hydrogen (secondary N) is 1. The summed E-state index contributed by atoms with van der Waals surface area (Å²) in [6.45, 7) is 0. The van der Waals surface area contributed by atoms with Crippen LogP contribution < -0.4 is 10.3 Å². The van der Waals surface area contributed by atoms with Crippen LogP contribution in [-0.4, -0.2) is 4.98 Å². The first kappa shape index (κ1) is 11.3. The molecule has 1 N–H and O–H groups in total. The van der Waals surface area contributed by atoms with Gasteiger partial charge in [0.25, 0.3) is 0 Å². The van der Waals surface area contributed by atoms with Crippen LogP contribution in [0.15, 0.2) is 65.5 Å². The van der Waals surface area contributed by atoms with E-state index in [9.17, 15) is 0 Å². The molecule has 0 saturated heterocycles. The van der Waals surface area contributed by atoms with Gasteiger partial charge in [-0.2, -0.15) is 0 Å². The largest absolute Gasteiger partial charge is 0.443 e. The molecular weight excluding hydrogens is 240 g/mol. The number of benzene rings is 2. The molecule has 0 spiro atoms. The SMILES string of the molecule is C1=Cc2ccccc2ON1.c1ccc2ocnc2c1. The van der Waals surface area contributed by atoms with E-state index in [0.717, 1.165) is 22.4 Å². The monoisotopic (exact) mass is 252 g/mol. The molecule has 19 heavy (non-hydrogen) atoms. The van der Waals surface area contributed by atoms with E-state index in [1.54, 1.807) is 6.20 Å². The average Bonchev–Trinajstić information content (AvgIpc) is 2.96. The number of hydroxylamine groups is 1. The molecule has 0 fully saturated rings. The zero-order chi connectivity index (χ0) is 12.9. The molecule has 0 unspecified atom stereocenters. The molecule has 0 radical (unpaired) electrons. The van der Waals surface area contributed by atoms with Gasteiger partial charge in [-0.1, -0.05) is 30.3 Å². The minimum absolute atomic E-state index is 0.845. The lowest BCUT2D eigenvalue weighted by Crippen LogP contribution is -2.13. The zero-order valence-electron chi connectivity index (χ0n) is 10.1. The van der Waals surface area contributed by atoms with Crippen molar-refractivity contribution in [2.24, 2.45) is 0 Å². The van der Waals surface area contributed by atoms with E-state index >= 15 is 0 Å². The highest BCUT2D eigenvalue weighted by atomic mass is 16.6. The summed E-state index contributed by atoms with van der Waals surface area (Å²) in [7, 11) is 0. The van der Waals surface area contributed by atoms with Crippen molar-refractivity contribution in [2.75, 3.05) is 0 Å². The smallest absolute Gasteiger partial charge is 0.181 e. The van der Waals surface area contributed by atoms with Gasteiger partial charge in [-0.3, -0.25) is 0 Å². The molecule has 0 atom stereocenters. The second-order valence-electron chi connectivity index (χ2n) is 3.91. The lowest BCUT2D eigenvalue weighted by Gasteiger charge is -2.11. The van der Waals surface area contributed by atoms with Crippen LogP contribution >= 0.6 is 0 Å². The van der Waals surface area contributed by atoms with Crippen LogP contribution in [0.25, 0.3) is 17.2 Å². The van der Waals surface area contributed by atoms with Crippen molar-refractivity contribution in [3.8, 4) is 5.75 Å². The van der Waals surface area contributed by atoms with Crippen molar-refractivity contribution in [3.63, 3.8) is 0 Å². The summed E-state index contributed by atoms with van der Waals surface area (Å²) in [5.41, 5.74) is 5.53. The molecule has 4 heteroatoms. The van der Waals surface area contributed by atoms with Crippen LogP contribution in [0, 0.1) is 0 Å². The summed E-state index contributed by atoms with van der Waals surface area (Å²) < 4.78 is 5.01. The molecule has 94 valence electrons. The van der Waals surface area contributed by atoms with E-state index in [0.29, 0.717) is 0 Å². The van der Waals surface area contributed by atoms with Gasteiger partial charge in [-0.25, -0.2) is 10.5 Å². The molecule has 1 aromatic heterocycles. The highest BCUT2D eigenvalue weighted by Crippen LogP contribution is 2.20. The number of oxazole rings is 1. The molecule has 0 aliphatic carbocycles. The van der Waals surface area contributed by atoms with E-state index in [4.69, 9.17) is 9.25 Å². The fourth-order valence-corrected chi connectivity index (χ4v) is 1.74. The number of aromatic nitrogens is 1. The van der Waals surface area contributed by atoms with Crippen LogP contribution in [0.4, 0.5) is 0 Å². The zero-order valence-corrected chi connectivity index (χ0v) is 10.1. The molecular formula is C15H12N2O2. The molecule has 2 heterocycles. The fraction of sp³-hybridized carbons (Fsp3) is 0. The van der Waals surface area contributed by atoms with Crippen LogP contribution in [0.2, 0.25) is 0 Å². The first-order valence-electron chi connectivity index (χ1n) is 5.90. The van der Waals surface area contributed by atoms with Gasteiger partial charge in [-0.05, 0) is 24.3 Å². The van der Waals surface area contributed by atoms with Gasteiger partial charge >= 0.3 is 0 Å². The Balaban J connectivity index is 0.000000117. The third-order valence-corrected chi connectivity index (χ3v) is 2.66. The molecule has 2 aromatic carbocycles. The first-order chi connectivity index (χ1) is 9.43. The van der Waals surface area contributed by atoms with E-state index in [1.165, 1.54) is 6.39 Å². The Morgan fingerprint density at radius 1 is 0.947 bits per heavy atom. The van der Waals surface area contributed by atoms with Gasteiger partial charge in [0, 0.05) is 11.8 Å². The summed E-state index contributed by atoms with van der Waals surface area (Å²) in [5.74, 6) is 0.880. The number of fused-ring (bicyclic) bond motifs is 2. The minimum atomic E-state index is 0.845. The van der Waals surface area contributed by atoms with E-state index in [1.807, 2.05) is 54.6 Å². The normalized spacial score (nSPS) is 11.8. The molecule has 0 saturated carbocycles. The van der Waals surface area contributed by atoms with Crippen molar-refractivity contribution in [2.45, 2.75) is 0 Å². The number of rotatable bonds is 0. The number of hydrogen-bond donors (Lipinski definition) is 1. The predicted molar refractivity (Wildman–Crippen MR) is 73.2 cm³/mol. The van der Waals surface area contributed by atoms with Crippen molar-refractivity contribution < 1.29 is 9.25 Å². The fourth-order valence-electron chi connectivity index (χ4n) is 1.74. The van der Waals surface area contributed by atoms with Crippen LogP contribution in [0.1, 0.15) is 5.56 Å². The Morgan fingerprint density at radius 3 is 2.68 bits per heavy atom. The second-order valence-corrected chi connectivity index (χ2v) is 3.91. The standard InChI is InChI=1S/C8H7NO.C7H5NO/c1-2-4-8-7(3-1)5-6-9-10-8;1-2-4-7-6(3-1)8-5-9-7/h1-6,9H;1-5H. The van der Waals surface area contributed by atoms with Gasteiger partial charge in [0.1, 0.15) is 5.52 Å². The molecule has 3 aromatic rings. The molecule has 0 amide bonds. The summed E-state index contributed by atoms with van der Waals surface area (Å²) in [6.07, 6.45) is 5.19. The van der Waals surface area contributed by atoms with Crippen molar-refractivity contribution in [1.82, 2.24) is 10.5 Å². The molecule has 0 bridgehead atoms. The lowest BCUT2D eigenvalue weighted by atomic mass is 10.2. The maximum atomic E-state index is 5.09. The van der Waals surface area contributed by atoms with E-state index in [-0.39, 0.29) is 0 Å². The second kappa shape index (κ2) is 5.27. The van der Waals surface area contributed by atoms with Gasteiger partial charge in [0.15, 0.2) is 17.7 Å². The maximum Gasteiger partial charge on any atom is 0.181 e. The van der Waals surface area contributed by atoms with Crippen molar-refractivity contribution in [1.29, 1.82) is 0 Å². The Morgan fingerprint density at radius 2 is 1.79 bits per heavy atom. The number of hydrogen-bond acceptors (Lipinski definition) is 4. The van der Waals surface area contributed by atoms with E-state index < -0.39 is 0 Å². The van der Waals surface area contributed by atoms with Gasteiger partial charge < -0.3 is 9.25 Å². The van der Waals surface area contributed by atoms with Gasteiger partial charge in [-0.15, -0.1) is 0 Å². The first-order valence-corrected chi connectivity index (χ1v) is 5.90. The molecule has 1 aliphatic rings. The summed E-state index contributed by atoms with van der Waals surface area (Å²) in [4.78, 5) is 9.04. The Bertz CT molecular complexity index is 674. The molecule has 4 nitrogen and oxygen atoms in total. The Labute approximate surface area is 110 Å². The number of para-hydroxylation sites is 3. The van der Waals surface area contributed by atoms with E-state index in [2.05, 4.69) is 10.5 Å². The highest BCUT2D eigenvalue weighted by Gasteiger charge is 2.01. The number of nitrogens with zero attached hydrogens (tertiary/aromatic N) is 1. The predicted octanol–water partition coefficient (Wildman–Crippen LogP) is 3.38. The third kappa shape index (κ3) is 2.57. The lowest BCUT2D eigenvalue weighted by molar-refractivity contribution is 0.239.